The molecule has 2 atom stereocenters. The highest BCUT2D eigenvalue weighted by Gasteiger charge is 2.48. The summed E-state index contributed by atoms with van der Waals surface area (Å²) >= 11 is 0. The Morgan fingerprint density at radius 1 is 1.29 bits per heavy atom. The normalized spacial score (nSPS) is 21.8. The van der Waals surface area contributed by atoms with E-state index in [0.717, 1.165) is 12.8 Å². The standard InChI is InChI=1S/C21H26N6O4/c1-14(27-13-22-12-25-27)17(28)24-11-21(7-8-21)9-10-23-18(29)20(2)19(30)26-15-5-3-4-6-16(15)31-20/h3-6,12-14H,7-11H2,1-2H3,(H,23,29)(H,24,28)(H,26,30). The van der Waals surface area contributed by atoms with Crippen molar-refractivity contribution in [1.82, 2.24) is 25.4 Å². The Balaban J connectivity index is 1.26. The molecule has 0 radical (unpaired) electrons. The van der Waals surface area contributed by atoms with Crippen molar-refractivity contribution >= 4 is 23.4 Å². The molecule has 31 heavy (non-hydrogen) atoms. The lowest BCUT2D eigenvalue weighted by atomic mass is 10.00. The molecule has 164 valence electrons. The summed E-state index contributed by atoms with van der Waals surface area (Å²) < 4.78 is 7.24. The average Bonchev–Trinajstić information content (AvgIpc) is 3.31. The monoisotopic (exact) mass is 426 g/mol. The Morgan fingerprint density at radius 2 is 2.06 bits per heavy atom. The first-order valence-electron chi connectivity index (χ1n) is 10.3. The van der Waals surface area contributed by atoms with Crippen LogP contribution in [0, 0.1) is 5.41 Å². The van der Waals surface area contributed by atoms with Crippen LogP contribution in [0.3, 0.4) is 0 Å². The van der Waals surface area contributed by atoms with Gasteiger partial charge < -0.3 is 20.7 Å². The number of amides is 3. The van der Waals surface area contributed by atoms with Crippen LogP contribution in [0.5, 0.6) is 5.75 Å². The second-order valence-electron chi connectivity index (χ2n) is 8.36. The van der Waals surface area contributed by atoms with Gasteiger partial charge in [0, 0.05) is 13.1 Å². The number of aromatic nitrogens is 3. The summed E-state index contributed by atoms with van der Waals surface area (Å²) in [5.41, 5.74) is -1.12. The van der Waals surface area contributed by atoms with Crippen LogP contribution in [0.4, 0.5) is 5.69 Å². The number of carbonyl (C=O) groups excluding carboxylic acids is 3. The summed E-state index contributed by atoms with van der Waals surface area (Å²) in [6.07, 6.45) is 5.55. The summed E-state index contributed by atoms with van der Waals surface area (Å²) in [7, 11) is 0. The predicted octanol–water partition coefficient (Wildman–Crippen LogP) is 1.03. The second kappa shape index (κ2) is 8.01. The minimum atomic E-state index is -1.63. The lowest BCUT2D eigenvalue weighted by molar-refractivity contribution is -0.146. The van der Waals surface area contributed by atoms with Crippen molar-refractivity contribution in [2.45, 2.75) is 44.8 Å². The molecular formula is C21H26N6O4. The fourth-order valence-electron chi connectivity index (χ4n) is 3.58. The van der Waals surface area contributed by atoms with Gasteiger partial charge in [-0.05, 0) is 50.7 Å². The fourth-order valence-corrected chi connectivity index (χ4v) is 3.58. The zero-order chi connectivity index (χ0) is 22.1. The molecule has 1 saturated carbocycles. The van der Waals surface area contributed by atoms with Gasteiger partial charge in [0.2, 0.25) is 5.91 Å². The quantitative estimate of drug-likeness (QED) is 0.541. The zero-order valence-corrected chi connectivity index (χ0v) is 17.6. The fraction of sp³-hybridized carbons (Fsp3) is 0.476. The van der Waals surface area contributed by atoms with Crippen LogP contribution in [0.25, 0.3) is 0 Å². The molecule has 0 bridgehead atoms. The molecule has 10 heteroatoms. The van der Waals surface area contributed by atoms with Crippen molar-refractivity contribution in [2.24, 2.45) is 5.41 Å². The van der Waals surface area contributed by atoms with Crippen molar-refractivity contribution in [2.75, 3.05) is 18.4 Å². The van der Waals surface area contributed by atoms with Gasteiger partial charge in [-0.3, -0.25) is 14.4 Å². The summed E-state index contributed by atoms with van der Waals surface area (Å²) in [6, 6.07) is 6.56. The first-order valence-corrected chi connectivity index (χ1v) is 10.3. The lowest BCUT2D eigenvalue weighted by Gasteiger charge is -2.33. The van der Waals surface area contributed by atoms with Crippen LogP contribution in [0.2, 0.25) is 0 Å². The Morgan fingerprint density at radius 3 is 2.77 bits per heavy atom. The Labute approximate surface area is 179 Å². The molecular weight excluding hydrogens is 400 g/mol. The maximum Gasteiger partial charge on any atom is 0.278 e. The van der Waals surface area contributed by atoms with E-state index in [1.54, 1.807) is 31.2 Å². The third kappa shape index (κ3) is 4.23. The molecule has 2 heterocycles. The first kappa shape index (κ1) is 20.8. The number of ether oxygens (including phenoxy) is 1. The molecule has 2 aliphatic rings. The van der Waals surface area contributed by atoms with Crippen LogP contribution in [0.1, 0.15) is 39.2 Å². The molecule has 1 aliphatic heterocycles. The average molecular weight is 426 g/mol. The second-order valence-corrected chi connectivity index (χ2v) is 8.36. The van der Waals surface area contributed by atoms with Gasteiger partial charge in [-0.2, -0.15) is 5.10 Å². The number of rotatable bonds is 8. The van der Waals surface area contributed by atoms with E-state index in [0.29, 0.717) is 30.9 Å². The van der Waals surface area contributed by atoms with Gasteiger partial charge >= 0.3 is 0 Å². The maximum atomic E-state index is 12.8. The largest absolute Gasteiger partial charge is 0.466 e. The first-order chi connectivity index (χ1) is 14.8. The van der Waals surface area contributed by atoms with Gasteiger partial charge in [0.25, 0.3) is 17.4 Å². The van der Waals surface area contributed by atoms with Crippen molar-refractivity contribution in [3.05, 3.63) is 36.9 Å². The molecule has 1 aromatic carbocycles. The van der Waals surface area contributed by atoms with E-state index >= 15 is 0 Å². The highest BCUT2D eigenvalue weighted by molar-refractivity contribution is 6.15. The molecule has 3 amide bonds. The molecule has 1 fully saturated rings. The molecule has 1 aliphatic carbocycles. The van der Waals surface area contributed by atoms with E-state index in [9.17, 15) is 14.4 Å². The van der Waals surface area contributed by atoms with Crippen LogP contribution >= 0.6 is 0 Å². The Bertz CT molecular complexity index is 988. The van der Waals surface area contributed by atoms with Gasteiger partial charge in [0.05, 0.1) is 5.69 Å². The van der Waals surface area contributed by atoms with Gasteiger partial charge in [0.15, 0.2) is 0 Å². The Hall–Kier alpha value is -3.43. The minimum absolute atomic E-state index is 0.0335. The van der Waals surface area contributed by atoms with Gasteiger partial charge in [0.1, 0.15) is 24.4 Å². The van der Waals surface area contributed by atoms with Crippen molar-refractivity contribution in [3.63, 3.8) is 0 Å². The van der Waals surface area contributed by atoms with Gasteiger partial charge in [-0.15, -0.1) is 0 Å². The third-order valence-corrected chi connectivity index (χ3v) is 6.06. The molecule has 1 aromatic heterocycles. The summed E-state index contributed by atoms with van der Waals surface area (Å²) in [5.74, 6) is -0.653. The molecule has 10 nitrogen and oxygen atoms in total. The van der Waals surface area contributed by atoms with Crippen molar-refractivity contribution < 1.29 is 19.1 Å². The molecule has 2 unspecified atom stereocenters. The highest BCUT2D eigenvalue weighted by atomic mass is 16.5. The number of hydrogen-bond donors (Lipinski definition) is 3. The molecule has 2 aromatic rings. The predicted molar refractivity (Wildman–Crippen MR) is 111 cm³/mol. The summed E-state index contributed by atoms with van der Waals surface area (Å²) in [6.45, 7) is 4.15. The summed E-state index contributed by atoms with van der Waals surface area (Å²) in [5, 5.41) is 12.5. The number of nitrogens with one attached hydrogen (secondary N) is 3. The van der Waals surface area contributed by atoms with Crippen LogP contribution in [0.15, 0.2) is 36.9 Å². The number of anilines is 1. The number of para-hydroxylation sites is 2. The van der Waals surface area contributed by atoms with E-state index in [1.807, 2.05) is 0 Å². The highest BCUT2D eigenvalue weighted by Crippen LogP contribution is 2.48. The summed E-state index contributed by atoms with van der Waals surface area (Å²) in [4.78, 5) is 41.4. The van der Waals surface area contributed by atoms with Crippen LogP contribution in [-0.2, 0) is 14.4 Å². The SMILES string of the molecule is CC(C(=O)NCC1(CCNC(=O)C2(C)Oc3ccccc3NC2=O)CC1)n1cncn1. The van der Waals surface area contributed by atoms with Crippen LogP contribution < -0.4 is 20.7 Å². The minimum Gasteiger partial charge on any atom is -0.466 e. The molecule has 4 rings (SSSR count). The zero-order valence-electron chi connectivity index (χ0n) is 17.6. The van der Waals surface area contributed by atoms with Crippen molar-refractivity contribution in [3.8, 4) is 5.75 Å². The van der Waals surface area contributed by atoms with E-state index in [2.05, 4.69) is 26.0 Å². The maximum absolute atomic E-state index is 12.8. The molecule has 0 saturated heterocycles. The van der Waals surface area contributed by atoms with Gasteiger partial charge in [-0.1, -0.05) is 12.1 Å². The number of carbonyl (C=O) groups is 3. The number of hydrogen-bond acceptors (Lipinski definition) is 6. The molecule has 3 N–H and O–H groups in total. The number of benzene rings is 1. The topological polar surface area (TPSA) is 127 Å². The van der Waals surface area contributed by atoms with Crippen LogP contribution in [-0.4, -0.2) is 51.2 Å². The number of nitrogens with zero attached hydrogens (tertiary/aromatic N) is 3. The van der Waals surface area contributed by atoms with Gasteiger partial charge in [-0.25, -0.2) is 9.67 Å². The smallest absolute Gasteiger partial charge is 0.278 e. The van der Waals surface area contributed by atoms with E-state index < -0.39 is 23.5 Å². The Kier molecular flexibility index (Phi) is 5.38. The number of fused-ring (bicyclic) bond motifs is 1. The third-order valence-electron chi connectivity index (χ3n) is 6.06. The van der Waals surface area contributed by atoms with E-state index in [-0.39, 0.29) is 11.3 Å². The van der Waals surface area contributed by atoms with E-state index in [1.165, 1.54) is 24.3 Å². The van der Waals surface area contributed by atoms with E-state index in [4.69, 9.17) is 4.74 Å². The molecule has 0 spiro atoms. The van der Waals surface area contributed by atoms with Crippen molar-refractivity contribution in [1.29, 1.82) is 0 Å². The lowest BCUT2D eigenvalue weighted by Crippen LogP contribution is -2.59.